The fourth-order valence-electron chi connectivity index (χ4n) is 3.18. The lowest BCUT2D eigenvalue weighted by Gasteiger charge is -2.29. The van der Waals surface area contributed by atoms with Gasteiger partial charge in [-0.15, -0.1) is 0 Å². The number of ether oxygens (including phenoxy) is 1. The smallest absolute Gasteiger partial charge is 0.273 e. The van der Waals surface area contributed by atoms with E-state index < -0.39 is 0 Å². The van der Waals surface area contributed by atoms with Crippen molar-refractivity contribution in [3.05, 3.63) is 77.2 Å². The van der Waals surface area contributed by atoms with E-state index in [-0.39, 0.29) is 24.3 Å². The maximum Gasteiger partial charge on any atom is 0.273 e. The van der Waals surface area contributed by atoms with Gasteiger partial charge in [-0.25, -0.2) is 9.37 Å². The number of halogens is 1. The van der Waals surface area contributed by atoms with Gasteiger partial charge in [0, 0.05) is 24.6 Å². The summed E-state index contributed by atoms with van der Waals surface area (Å²) >= 11 is 0. The van der Waals surface area contributed by atoms with Gasteiger partial charge in [0.1, 0.15) is 11.5 Å². The molecule has 2 aromatic carbocycles. The summed E-state index contributed by atoms with van der Waals surface area (Å²) < 4.78 is 19.4. The van der Waals surface area contributed by atoms with E-state index in [1.54, 1.807) is 36.3 Å². The minimum atomic E-state index is -0.331. The molecule has 1 atom stereocenters. The molecule has 0 fully saturated rings. The Morgan fingerprint density at radius 3 is 2.63 bits per heavy atom. The first kappa shape index (κ1) is 19.0. The maximum atomic E-state index is 14.2. The number of methoxy groups -OCH3 is 1. The monoisotopic (exact) mass is 366 g/mol. The fourth-order valence-corrected chi connectivity index (χ4v) is 3.18. The van der Waals surface area contributed by atoms with E-state index in [4.69, 9.17) is 4.74 Å². The molecule has 0 radical (unpaired) electrons. The van der Waals surface area contributed by atoms with Crippen LogP contribution in [0.3, 0.4) is 0 Å². The minimum Gasteiger partial charge on any atom is -0.383 e. The van der Waals surface area contributed by atoms with Crippen molar-refractivity contribution in [1.29, 1.82) is 0 Å². The number of para-hydroxylation sites is 1. The average Bonchev–Trinajstić information content (AvgIpc) is 2.67. The quantitative estimate of drug-likeness (QED) is 0.651. The molecule has 0 aliphatic carbocycles. The number of carbonyl (C=O) groups excluding carboxylic acids is 1. The summed E-state index contributed by atoms with van der Waals surface area (Å²) in [6.45, 7) is 4.35. The Bertz CT molecular complexity index is 958. The number of rotatable bonds is 6. The second-order valence-electron chi connectivity index (χ2n) is 6.67. The van der Waals surface area contributed by atoms with Gasteiger partial charge >= 0.3 is 0 Å². The number of aryl methyl sites for hydroxylation is 1. The third kappa shape index (κ3) is 4.14. The highest BCUT2D eigenvalue weighted by Gasteiger charge is 2.24. The van der Waals surface area contributed by atoms with Crippen LogP contribution >= 0.6 is 0 Å². The molecule has 4 nitrogen and oxygen atoms in total. The lowest BCUT2D eigenvalue weighted by Crippen LogP contribution is -2.41. The van der Waals surface area contributed by atoms with Crippen molar-refractivity contribution < 1.29 is 13.9 Å². The Morgan fingerprint density at radius 2 is 1.89 bits per heavy atom. The van der Waals surface area contributed by atoms with Gasteiger partial charge in [-0.2, -0.15) is 0 Å². The van der Waals surface area contributed by atoms with Crippen LogP contribution in [0.2, 0.25) is 0 Å². The zero-order valence-corrected chi connectivity index (χ0v) is 15.8. The molecular formula is C22H23FN2O2. The highest BCUT2D eigenvalue weighted by atomic mass is 19.1. The van der Waals surface area contributed by atoms with Gasteiger partial charge in [0.25, 0.3) is 5.91 Å². The third-order valence-electron chi connectivity index (χ3n) is 4.64. The van der Waals surface area contributed by atoms with Crippen LogP contribution in [0.1, 0.15) is 28.5 Å². The Hall–Kier alpha value is -2.79. The van der Waals surface area contributed by atoms with Gasteiger partial charge in [0.2, 0.25) is 0 Å². The van der Waals surface area contributed by atoms with Crippen LogP contribution in [-0.4, -0.2) is 35.5 Å². The fraction of sp³-hybridized carbons (Fsp3) is 0.273. The zero-order valence-electron chi connectivity index (χ0n) is 15.8. The summed E-state index contributed by atoms with van der Waals surface area (Å²) in [5, 5.41) is 1.01. The third-order valence-corrected chi connectivity index (χ3v) is 4.64. The Kier molecular flexibility index (Phi) is 5.81. The Morgan fingerprint density at radius 1 is 1.19 bits per heavy atom. The highest BCUT2D eigenvalue weighted by Crippen LogP contribution is 2.20. The number of aromatic nitrogens is 1. The van der Waals surface area contributed by atoms with E-state index in [0.29, 0.717) is 17.9 Å². The van der Waals surface area contributed by atoms with Gasteiger partial charge in [0.05, 0.1) is 18.2 Å². The number of benzene rings is 2. The Labute approximate surface area is 158 Å². The molecule has 3 aromatic rings. The van der Waals surface area contributed by atoms with Gasteiger partial charge < -0.3 is 9.64 Å². The molecule has 0 aliphatic heterocycles. The van der Waals surface area contributed by atoms with Crippen LogP contribution < -0.4 is 0 Å². The first-order chi connectivity index (χ1) is 13.0. The van der Waals surface area contributed by atoms with E-state index >= 15 is 0 Å². The van der Waals surface area contributed by atoms with Crippen LogP contribution in [0.5, 0.6) is 0 Å². The molecule has 1 heterocycles. The van der Waals surface area contributed by atoms with Crippen LogP contribution in [0.15, 0.2) is 54.6 Å². The molecule has 0 aliphatic rings. The van der Waals surface area contributed by atoms with Crippen molar-refractivity contribution in [2.24, 2.45) is 0 Å². The molecule has 140 valence electrons. The van der Waals surface area contributed by atoms with E-state index in [2.05, 4.69) is 4.98 Å². The van der Waals surface area contributed by atoms with E-state index in [1.807, 2.05) is 38.1 Å². The van der Waals surface area contributed by atoms with E-state index in [9.17, 15) is 9.18 Å². The standard InChI is InChI=1S/C22H23FN2O2/c1-15-12-21(24-20-11-7-5-9-18(15)20)22(26)25(16(2)14-27-3)13-17-8-4-6-10-19(17)23/h4-12,16H,13-14H2,1-3H3/t16-/m0/s1. The lowest BCUT2D eigenvalue weighted by atomic mass is 10.1. The summed E-state index contributed by atoms with van der Waals surface area (Å²) in [5.74, 6) is -0.570. The van der Waals surface area contributed by atoms with Gasteiger partial charge in [-0.05, 0) is 37.6 Å². The molecule has 0 bridgehead atoms. The van der Waals surface area contributed by atoms with Gasteiger partial charge in [0.15, 0.2) is 0 Å². The van der Waals surface area contributed by atoms with Crippen LogP contribution in [0, 0.1) is 12.7 Å². The zero-order chi connectivity index (χ0) is 19.4. The van der Waals surface area contributed by atoms with E-state index in [0.717, 1.165) is 16.5 Å². The van der Waals surface area contributed by atoms with Crippen molar-refractivity contribution >= 4 is 16.8 Å². The summed E-state index contributed by atoms with van der Waals surface area (Å²) in [5.41, 5.74) is 2.57. The molecule has 0 unspecified atom stereocenters. The van der Waals surface area contributed by atoms with Crippen LogP contribution in [0.4, 0.5) is 4.39 Å². The van der Waals surface area contributed by atoms with Crippen LogP contribution in [0.25, 0.3) is 10.9 Å². The van der Waals surface area contributed by atoms with Gasteiger partial charge in [-0.1, -0.05) is 36.4 Å². The molecule has 3 rings (SSSR count). The summed E-state index contributed by atoms with van der Waals surface area (Å²) in [7, 11) is 1.58. The van der Waals surface area contributed by atoms with Gasteiger partial charge in [-0.3, -0.25) is 4.79 Å². The van der Waals surface area contributed by atoms with Crippen molar-refractivity contribution in [3.8, 4) is 0 Å². The predicted octanol–water partition coefficient (Wildman–Crippen LogP) is 4.36. The topological polar surface area (TPSA) is 42.4 Å². The number of hydrogen-bond donors (Lipinski definition) is 0. The number of hydrogen-bond acceptors (Lipinski definition) is 3. The van der Waals surface area contributed by atoms with Crippen molar-refractivity contribution in [1.82, 2.24) is 9.88 Å². The molecule has 27 heavy (non-hydrogen) atoms. The van der Waals surface area contributed by atoms with Crippen molar-refractivity contribution in [2.75, 3.05) is 13.7 Å². The Balaban J connectivity index is 1.98. The predicted molar refractivity (Wildman–Crippen MR) is 104 cm³/mol. The number of fused-ring (bicyclic) bond motifs is 1. The number of amides is 1. The summed E-state index contributed by atoms with van der Waals surface area (Å²) in [4.78, 5) is 19.4. The van der Waals surface area contributed by atoms with E-state index in [1.165, 1.54) is 6.07 Å². The molecule has 5 heteroatoms. The molecular weight excluding hydrogens is 343 g/mol. The normalized spacial score (nSPS) is 12.1. The molecule has 0 saturated carbocycles. The van der Waals surface area contributed by atoms with Crippen molar-refractivity contribution in [3.63, 3.8) is 0 Å². The molecule has 1 amide bonds. The second-order valence-corrected chi connectivity index (χ2v) is 6.67. The molecule has 0 saturated heterocycles. The summed E-state index contributed by atoms with van der Waals surface area (Å²) in [6.07, 6.45) is 0. The molecule has 1 aromatic heterocycles. The number of pyridine rings is 1. The first-order valence-corrected chi connectivity index (χ1v) is 8.91. The average molecular weight is 366 g/mol. The SMILES string of the molecule is COC[C@H](C)N(Cc1ccccc1F)C(=O)c1cc(C)c2ccccc2n1. The first-order valence-electron chi connectivity index (χ1n) is 8.91. The highest BCUT2D eigenvalue weighted by molar-refractivity contribution is 5.96. The second kappa shape index (κ2) is 8.27. The minimum absolute atomic E-state index is 0.156. The number of carbonyl (C=O) groups is 1. The lowest BCUT2D eigenvalue weighted by molar-refractivity contribution is 0.0534. The maximum absolute atomic E-state index is 14.2. The molecule has 0 spiro atoms. The van der Waals surface area contributed by atoms with Crippen LogP contribution in [-0.2, 0) is 11.3 Å². The molecule has 0 N–H and O–H groups in total. The largest absolute Gasteiger partial charge is 0.383 e. The summed E-state index contributed by atoms with van der Waals surface area (Å²) in [6, 6.07) is 15.8. The number of nitrogens with zero attached hydrogens (tertiary/aromatic N) is 2. The van der Waals surface area contributed by atoms with Crippen molar-refractivity contribution in [2.45, 2.75) is 26.4 Å².